The molecule has 684 valence electrons. The molecule has 3 aliphatic rings. The number of H-pyrrole nitrogens is 2. The predicted octanol–water partition coefficient (Wildman–Crippen LogP) is 18.9. The molecule has 7 aromatic carbocycles. The van der Waals surface area contributed by atoms with E-state index < -0.39 is 100 Å². The Labute approximate surface area is 766 Å². The number of phosphoric acid groups is 1. The van der Waals surface area contributed by atoms with Crippen LogP contribution in [0.2, 0.25) is 0 Å². The lowest BCUT2D eigenvalue weighted by Gasteiger charge is -2.39. The van der Waals surface area contributed by atoms with Gasteiger partial charge in [-0.15, -0.1) is 0 Å². The van der Waals surface area contributed by atoms with Gasteiger partial charge in [0, 0.05) is 61.4 Å². The lowest BCUT2D eigenvalue weighted by atomic mass is 9.80. The second kappa shape index (κ2) is 49.2. The van der Waals surface area contributed by atoms with Crippen LogP contribution in [-0.4, -0.2) is 144 Å². The minimum Gasteiger partial charge on any atom is -0.497 e. The third-order valence-corrected chi connectivity index (χ3v) is 27.5. The Morgan fingerprint density at radius 1 is 0.559 bits per heavy atom. The predicted molar refractivity (Wildman–Crippen MR) is 503 cm³/mol. The SMILES string of the molecule is C.C.C.CC(C)N(C(C)C)P(Cl)OCCC#N.COc1ccc(C(OCC2OC(n3cc(C#CCCOP4(=O)Oc5ccccc5C(C)(C)O4)c(=O)[nH]c3=O)CC2OP(OCCC#N)N(C(C)C)C(C)C)(c2ccccc2)c2ccc(OC)cc2)cc1.COc1ccc(C(OCC2OC(n3cc(I)c(=O)[nH]c3=O)CC2O)(c2ccccc2)c2ccc(OC)cc2)cc1. The van der Waals surface area contributed by atoms with Crippen LogP contribution in [0.25, 0.3) is 0 Å². The fraction of sp³-hybridized carbons (Fsp3) is 0.426. The van der Waals surface area contributed by atoms with Gasteiger partial charge >= 0.3 is 19.2 Å². The molecule has 3 N–H and O–H groups in total. The third-order valence-electron chi connectivity index (χ3n) is 20.5. The first-order valence-electron chi connectivity index (χ1n) is 40.5. The van der Waals surface area contributed by atoms with Crippen LogP contribution in [0.3, 0.4) is 0 Å². The van der Waals surface area contributed by atoms with Crippen LogP contribution in [0.4, 0.5) is 0 Å². The first-order valence-corrected chi connectivity index (χ1v) is 46.3. The Kier molecular flexibility index (Phi) is 40.7. The zero-order valence-electron chi connectivity index (χ0n) is 71.8. The first kappa shape index (κ1) is 105. The van der Waals surface area contributed by atoms with Crippen LogP contribution in [0.1, 0.15) is 181 Å². The van der Waals surface area contributed by atoms with Crippen molar-refractivity contribution in [3.63, 3.8) is 0 Å². The van der Waals surface area contributed by atoms with Gasteiger partial charge in [-0.25, -0.2) is 23.5 Å². The van der Waals surface area contributed by atoms with Gasteiger partial charge in [0.25, 0.3) is 19.6 Å². The van der Waals surface area contributed by atoms with Gasteiger partial charge in [0.15, 0.2) is 0 Å². The van der Waals surface area contributed by atoms with Crippen molar-refractivity contribution in [1.29, 1.82) is 10.5 Å². The lowest BCUT2D eigenvalue weighted by molar-refractivity contribution is -0.0944. The molecule has 9 aromatic rings. The van der Waals surface area contributed by atoms with Crippen LogP contribution in [0.5, 0.6) is 28.7 Å². The van der Waals surface area contributed by atoms with E-state index in [1.165, 1.54) is 21.5 Å². The van der Waals surface area contributed by atoms with Gasteiger partial charge in [0.2, 0.25) is 7.65 Å². The van der Waals surface area contributed by atoms with Crippen LogP contribution >= 0.6 is 57.8 Å². The Hall–Kier alpha value is -8.93. The monoisotopic (exact) mass is 1930 g/mol. The number of hydrogen-bond donors (Lipinski definition) is 3. The highest BCUT2D eigenvalue weighted by atomic mass is 127. The fourth-order valence-electron chi connectivity index (χ4n) is 14.7. The average Bonchev–Trinajstić information content (AvgIpc) is 1.45. The third kappa shape index (κ3) is 26.5. The molecule has 2 aromatic heterocycles. The van der Waals surface area contributed by atoms with E-state index in [0.29, 0.717) is 57.4 Å². The summed E-state index contributed by atoms with van der Waals surface area (Å²) in [7, 11) is -0.405. The molecule has 127 heavy (non-hydrogen) atoms. The lowest BCUT2D eigenvalue weighted by Crippen LogP contribution is -2.39. The summed E-state index contributed by atoms with van der Waals surface area (Å²) in [5.74, 6) is 8.89. The first-order chi connectivity index (χ1) is 59.5. The number of nitrogens with one attached hydrogen (secondary N) is 2. The quantitative estimate of drug-likeness (QED) is 0.0109. The minimum atomic E-state index is -4.00. The Balaban J connectivity index is 0.000000325. The average molecular weight is 1940 g/mol. The topological polar surface area (TPSA) is 330 Å². The summed E-state index contributed by atoms with van der Waals surface area (Å²) < 4.78 is 105. The maximum atomic E-state index is 13.7. The number of phosphoric ester groups is 1. The smallest absolute Gasteiger partial charge is 0.497 e. The molecular formula is C94H119ClIN8O20P3. The number of aromatic amines is 2. The van der Waals surface area contributed by atoms with Gasteiger partial charge in [-0.3, -0.25) is 37.7 Å². The van der Waals surface area contributed by atoms with E-state index in [1.807, 2.05) is 226 Å². The number of aromatic nitrogens is 4. The van der Waals surface area contributed by atoms with E-state index >= 15 is 0 Å². The number of methoxy groups -OCH3 is 4. The molecule has 33 heteroatoms. The summed E-state index contributed by atoms with van der Waals surface area (Å²) in [4.78, 5) is 55.9. The van der Waals surface area contributed by atoms with Crippen molar-refractivity contribution >= 4 is 57.8 Å². The molecule has 3 aliphatic heterocycles. The molecule has 9 atom stereocenters. The van der Waals surface area contributed by atoms with Crippen LogP contribution < -0.4 is 46.0 Å². The number of nitriles is 2. The highest BCUT2D eigenvalue weighted by molar-refractivity contribution is 14.1. The van der Waals surface area contributed by atoms with Crippen molar-refractivity contribution in [3.8, 4) is 52.7 Å². The molecule has 0 saturated carbocycles. The minimum absolute atomic E-state index is 0. The molecule has 0 aliphatic carbocycles. The van der Waals surface area contributed by atoms with Crippen molar-refractivity contribution in [3.05, 3.63) is 284 Å². The van der Waals surface area contributed by atoms with Gasteiger partial charge in [-0.05, 0) is 191 Å². The van der Waals surface area contributed by atoms with Crippen LogP contribution in [0.15, 0.2) is 214 Å². The number of nitrogens with zero attached hydrogens (tertiary/aromatic N) is 6. The van der Waals surface area contributed by atoms with Gasteiger partial charge in [-0.2, -0.15) is 10.5 Å². The van der Waals surface area contributed by atoms with Crippen molar-refractivity contribution in [1.82, 2.24) is 28.4 Å². The maximum Gasteiger partial charge on any atom is 0.530 e. The Morgan fingerprint density at radius 2 is 0.969 bits per heavy atom. The van der Waals surface area contributed by atoms with E-state index in [1.54, 1.807) is 54.4 Å². The fourth-order valence-corrected chi connectivity index (χ4v) is 20.8. The van der Waals surface area contributed by atoms with Crippen molar-refractivity contribution in [2.24, 2.45) is 0 Å². The van der Waals surface area contributed by atoms with Crippen LogP contribution in [-0.2, 0) is 62.9 Å². The van der Waals surface area contributed by atoms with E-state index in [9.17, 15) is 34.1 Å². The van der Waals surface area contributed by atoms with E-state index in [0.717, 1.165) is 38.9 Å². The van der Waals surface area contributed by atoms with Gasteiger partial charge < -0.3 is 61.1 Å². The summed E-state index contributed by atoms with van der Waals surface area (Å²) in [5.41, 5.74) is 0.0266. The molecule has 9 unspecified atom stereocenters. The zero-order chi connectivity index (χ0) is 89.5. The molecule has 0 bridgehead atoms. The van der Waals surface area contributed by atoms with Crippen molar-refractivity contribution in [2.75, 3.05) is 61.5 Å². The number of halogens is 2. The standard InChI is InChI=1S/C52H60N4O12P2.C30H29IN2O7.C9H18ClN2OP.3CH4/c1-36(2)56(37(3)4)69(63-31-16-30-53)66-46-33-48(55-34-38(49(57)54-50(55)58)17-14-15-32-64-70(59)67-45-21-13-12-20-44(45)51(5,6)68-70)65-47(46)35-62-52(39-18-10-9-11-19-39,40-22-26-42(60-7)27-23-40)41-24-28-43(61-8)29-25-41;1-37-22-12-8-20(9-13-22)30(19-6-4-3-5-7-19,21-10-14-23(38-2)15-11-21)39-18-26-25(34)16-27(40-26)33-17-24(31)28(35)32-29(33)36;1-8(2)12(9(3)4)14(10)13-7-5-6-11;;;/h9-13,18-29,34,36-37,46-48H,15-16,31-33,35H2,1-8H3,(H,54,57,58);3-15,17,25-27,34H,16,18H2,1-2H3,(H,32,35,36);8-9H,5,7H2,1-4H3;3*1H4. The summed E-state index contributed by atoms with van der Waals surface area (Å²) in [6, 6.07) is 62.3. The number of benzene rings is 7. The molecule has 2 saturated heterocycles. The number of para-hydroxylation sites is 1. The molecule has 2 fully saturated rings. The highest BCUT2D eigenvalue weighted by Crippen LogP contribution is 2.60. The number of fused-ring (bicyclic) bond motifs is 1. The summed E-state index contributed by atoms with van der Waals surface area (Å²) in [5, 5.41) is 28.8. The largest absolute Gasteiger partial charge is 0.530 e. The van der Waals surface area contributed by atoms with Gasteiger partial charge in [0.1, 0.15) is 75.8 Å². The molecule has 0 spiro atoms. The number of rotatable bonds is 35. The van der Waals surface area contributed by atoms with E-state index in [2.05, 4.69) is 64.9 Å². The molecule has 5 heterocycles. The summed E-state index contributed by atoms with van der Waals surface area (Å²) in [6.45, 7) is 20.5. The van der Waals surface area contributed by atoms with Crippen molar-refractivity contribution < 1.29 is 74.7 Å². The second-order valence-electron chi connectivity index (χ2n) is 30.5. The summed E-state index contributed by atoms with van der Waals surface area (Å²) in [6.07, 6.45) is -1.19. The molecule has 0 radical (unpaired) electrons. The zero-order valence-corrected chi connectivity index (χ0v) is 77.4. The van der Waals surface area contributed by atoms with Crippen LogP contribution in [0, 0.1) is 38.1 Å². The highest BCUT2D eigenvalue weighted by Gasteiger charge is 2.48. The van der Waals surface area contributed by atoms with E-state index in [4.69, 9.17) is 81.5 Å². The number of ether oxygens (including phenoxy) is 8. The normalized spacial score (nSPS) is 18.5. The van der Waals surface area contributed by atoms with Gasteiger partial charge in [0.05, 0.1) is 102 Å². The molecular weight excluding hydrogens is 1820 g/mol. The number of aliphatic hydroxyl groups is 1. The molecule has 12 rings (SSSR count). The molecule has 28 nitrogen and oxygen atoms in total. The van der Waals surface area contributed by atoms with Crippen molar-refractivity contribution in [2.45, 2.75) is 201 Å². The number of hydrogen-bond acceptors (Lipinski definition) is 24. The molecule has 0 amide bonds. The second-order valence-corrected chi connectivity index (χ2v) is 36.7. The van der Waals surface area contributed by atoms with E-state index in [-0.39, 0.29) is 92.0 Å². The maximum absolute atomic E-state index is 13.7. The Bertz CT molecular complexity index is 5290. The Morgan fingerprint density at radius 3 is 1.43 bits per heavy atom. The van der Waals surface area contributed by atoms with Gasteiger partial charge in [-0.1, -0.05) is 162 Å². The number of aliphatic hydroxyl groups excluding tert-OH is 1. The summed E-state index contributed by atoms with van der Waals surface area (Å²) >= 11 is 7.99.